The van der Waals surface area contributed by atoms with Gasteiger partial charge >= 0.3 is 5.97 Å². The lowest BCUT2D eigenvalue weighted by molar-refractivity contribution is 0.0697. The van der Waals surface area contributed by atoms with E-state index in [9.17, 15) is 18.3 Å². The molecule has 2 N–H and O–H groups in total. The lowest BCUT2D eigenvalue weighted by Gasteiger charge is -2.16. The molecule has 3 aromatic rings. The normalized spacial score (nSPS) is 11.0. The number of carbonyl (C=O) groups is 1. The SMILES string of the molecule is Cc1ccc(S(=O)(=O)Nc2c(OCc3ccccc3)cccc2C(=O)O)cc1. The van der Waals surface area contributed by atoms with Gasteiger partial charge in [-0.3, -0.25) is 4.72 Å². The third kappa shape index (κ3) is 4.50. The zero-order valence-electron chi connectivity index (χ0n) is 15.1. The Kier molecular flexibility index (Phi) is 5.65. The zero-order valence-corrected chi connectivity index (χ0v) is 15.9. The summed E-state index contributed by atoms with van der Waals surface area (Å²) in [6.45, 7) is 2.02. The molecule has 0 aliphatic heterocycles. The summed E-state index contributed by atoms with van der Waals surface area (Å²) < 4.78 is 33.6. The molecule has 0 atom stereocenters. The minimum atomic E-state index is -3.98. The van der Waals surface area contributed by atoms with Crippen LogP contribution in [0.25, 0.3) is 0 Å². The van der Waals surface area contributed by atoms with E-state index < -0.39 is 16.0 Å². The van der Waals surface area contributed by atoms with E-state index in [-0.39, 0.29) is 28.5 Å². The van der Waals surface area contributed by atoms with Crippen LogP contribution >= 0.6 is 0 Å². The number of hydrogen-bond donors (Lipinski definition) is 2. The highest BCUT2D eigenvalue weighted by molar-refractivity contribution is 7.92. The van der Waals surface area contributed by atoms with Crippen molar-refractivity contribution in [3.05, 3.63) is 89.5 Å². The molecule has 0 amide bonds. The van der Waals surface area contributed by atoms with Gasteiger partial charge in [0.25, 0.3) is 10.0 Å². The Morgan fingerprint density at radius 2 is 1.64 bits per heavy atom. The molecule has 3 aromatic carbocycles. The molecule has 0 saturated carbocycles. The van der Waals surface area contributed by atoms with Gasteiger partial charge in [-0.1, -0.05) is 54.1 Å². The fourth-order valence-corrected chi connectivity index (χ4v) is 3.67. The standard InChI is InChI=1S/C21H19NO5S/c1-15-10-12-17(13-11-15)28(25,26)22-20-18(21(23)24)8-5-9-19(20)27-14-16-6-3-2-4-7-16/h2-13,22H,14H2,1H3,(H,23,24). The lowest BCUT2D eigenvalue weighted by atomic mass is 10.1. The molecule has 0 bridgehead atoms. The molecule has 28 heavy (non-hydrogen) atoms. The van der Waals surface area contributed by atoms with E-state index in [0.717, 1.165) is 11.1 Å². The van der Waals surface area contributed by atoms with Crippen LogP contribution in [0.3, 0.4) is 0 Å². The quantitative estimate of drug-likeness (QED) is 0.627. The van der Waals surface area contributed by atoms with Crippen molar-refractivity contribution in [3.63, 3.8) is 0 Å². The first-order valence-electron chi connectivity index (χ1n) is 8.49. The van der Waals surface area contributed by atoms with Crippen molar-refractivity contribution in [1.29, 1.82) is 0 Å². The van der Waals surface area contributed by atoms with Crippen molar-refractivity contribution in [2.45, 2.75) is 18.4 Å². The second-order valence-corrected chi connectivity index (χ2v) is 7.86. The molecule has 0 saturated heterocycles. The highest BCUT2D eigenvalue weighted by Gasteiger charge is 2.22. The number of benzene rings is 3. The molecule has 3 rings (SSSR count). The van der Waals surface area contributed by atoms with Gasteiger partial charge in [0.2, 0.25) is 0 Å². The summed E-state index contributed by atoms with van der Waals surface area (Å²) in [5.41, 5.74) is 1.49. The summed E-state index contributed by atoms with van der Waals surface area (Å²) in [5.74, 6) is -1.12. The van der Waals surface area contributed by atoms with Gasteiger partial charge in [0.05, 0.1) is 10.5 Å². The highest BCUT2D eigenvalue weighted by Crippen LogP contribution is 2.31. The van der Waals surface area contributed by atoms with Gasteiger partial charge in [0.15, 0.2) is 0 Å². The van der Waals surface area contributed by atoms with Crippen molar-refractivity contribution in [3.8, 4) is 5.75 Å². The molecule has 0 aromatic heterocycles. The predicted molar refractivity (Wildman–Crippen MR) is 106 cm³/mol. The number of ether oxygens (including phenoxy) is 1. The van der Waals surface area contributed by atoms with Crippen LogP contribution in [0.5, 0.6) is 5.75 Å². The van der Waals surface area contributed by atoms with Crippen LogP contribution in [-0.4, -0.2) is 19.5 Å². The van der Waals surface area contributed by atoms with Crippen LogP contribution in [0.2, 0.25) is 0 Å². The van der Waals surface area contributed by atoms with Crippen molar-refractivity contribution in [2.24, 2.45) is 0 Å². The molecule has 0 unspecified atom stereocenters. The minimum absolute atomic E-state index is 0.0345. The summed E-state index contributed by atoms with van der Waals surface area (Å²) in [6, 6.07) is 19.9. The summed E-state index contributed by atoms with van der Waals surface area (Å²) in [7, 11) is -3.98. The second kappa shape index (κ2) is 8.14. The van der Waals surface area contributed by atoms with Crippen LogP contribution < -0.4 is 9.46 Å². The number of sulfonamides is 1. The molecular weight excluding hydrogens is 378 g/mol. The van der Waals surface area contributed by atoms with Crippen molar-refractivity contribution in [1.82, 2.24) is 0 Å². The first kappa shape index (κ1) is 19.4. The first-order valence-corrected chi connectivity index (χ1v) is 9.97. The maximum Gasteiger partial charge on any atom is 0.337 e. The molecule has 144 valence electrons. The van der Waals surface area contributed by atoms with Crippen LogP contribution in [-0.2, 0) is 16.6 Å². The van der Waals surface area contributed by atoms with Crippen molar-refractivity contribution in [2.75, 3.05) is 4.72 Å². The predicted octanol–water partition coefficient (Wildman–Crippen LogP) is 4.07. The Morgan fingerprint density at radius 3 is 2.29 bits per heavy atom. The number of aromatic carboxylic acids is 1. The topological polar surface area (TPSA) is 92.7 Å². The zero-order chi connectivity index (χ0) is 20.1. The van der Waals surface area contributed by atoms with Gasteiger partial charge in [0, 0.05) is 0 Å². The van der Waals surface area contributed by atoms with Crippen LogP contribution in [0.15, 0.2) is 77.7 Å². The van der Waals surface area contributed by atoms with E-state index in [0.29, 0.717) is 0 Å². The van der Waals surface area contributed by atoms with Gasteiger partial charge in [0.1, 0.15) is 18.0 Å². The fraction of sp³-hybridized carbons (Fsp3) is 0.0952. The number of hydrogen-bond acceptors (Lipinski definition) is 4. The molecule has 6 nitrogen and oxygen atoms in total. The molecule has 7 heteroatoms. The molecule has 0 aliphatic carbocycles. The molecule has 0 spiro atoms. The van der Waals surface area contributed by atoms with Gasteiger partial charge in [-0.2, -0.15) is 0 Å². The summed E-state index contributed by atoms with van der Waals surface area (Å²) in [4.78, 5) is 11.7. The molecular formula is C21H19NO5S. The van der Waals surface area contributed by atoms with Crippen LogP contribution in [0.4, 0.5) is 5.69 Å². The van der Waals surface area contributed by atoms with E-state index in [2.05, 4.69) is 4.72 Å². The number of para-hydroxylation sites is 1. The van der Waals surface area contributed by atoms with Crippen LogP contribution in [0.1, 0.15) is 21.5 Å². The maximum atomic E-state index is 12.8. The highest BCUT2D eigenvalue weighted by atomic mass is 32.2. The maximum absolute atomic E-state index is 12.8. The van der Waals surface area contributed by atoms with E-state index in [4.69, 9.17) is 4.74 Å². The number of aryl methyl sites for hydroxylation is 1. The van der Waals surface area contributed by atoms with Gasteiger partial charge in [-0.15, -0.1) is 0 Å². The number of carboxylic acid groups (broad SMARTS) is 1. The van der Waals surface area contributed by atoms with Gasteiger partial charge < -0.3 is 9.84 Å². The summed E-state index contributed by atoms with van der Waals surface area (Å²) in [6.07, 6.45) is 0. The average Bonchev–Trinajstić information content (AvgIpc) is 2.68. The largest absolute Gasteiger partial charge is 0.487 e. The molecule has 0 aliphatic rings. The monoisotopic (exact) mass is 397 g/mol. The van der Waals surface area contributed by atoms with Gasteiger partial charge in [-0.05, 0) is 36.8 Å². The van der Waals surface area contributed by atoms with Gasteiger partial charge in [-0.25, -0.2) is 13.2 Å². The molecule has 0 radical (unpaired) electrons. The number of nitrogens with one attached hydrogen (secondary N) is 1. The first-order chi connectivity index (χ1) is 13.4. The summed E-state index contributed by atoms with van der Waals surface area (Å²) >= 11 is 0. The Labute approximate surface area is 163 Å². The smallest absolute Gasteiger partial charge is 0.337 e. The Bertz CT molecular complexity index is 1080. The third-order valence-corrected chi connectivity index (χ3v) is 5.43. The number of anilines is 1. The van der Waals surface area contributed by atoms with Crippen LogP contribution in [0, 0.1) is 6.92 Å². The fourth-order valence-electron chi connectivity index (χ4n) is 2.58. The Morgan fingerprint density at radius 1 is 0.964 bits per heavy atom. The van der Waals surface area contributed by atoms with E-state index in [1.807, 2.05) is 37.3 Å². The number of rotatable bonds is 7. The Balaban J connectivity index is 1.95. The third-order valence-electron chi connectivity index (χ3n) is 4.06. The average molecular weight is 397 g/mol. The van der Waals surface area contributed by atoms with Crippen molar-refractivity contribution < 1.29 is 23.1 Å². The molecule has 0 heterocycles. The Hall–Kier alpha value is -3.32. The van der Waals surface area contributed by atoms with E-state index >= 15 is 0 Å². The summed E-state index contributed by atoms with van der Waals surface area (Å²) in [5, 5.41) is 9.49. The minimum Gasteiger partial charge on any atom is -0.487 e. The molecule has 0 fully saturated rings. The van der Waals surface area contributed by atoms with E-state index in [1.165, 1.54) is 30.3 Å². The van der Waals surface area contributed by atoms with E-state index in [1.54, 1.807) is 12.1 Å². The second-order valence-electron chi connectivity index (χ2n) is 6.18. The van der Waals surface area contributed by atoms with Crippen molar-refractivity contribution >= 4 is 21.7 Å². The lowest BCUT2D eigenvalue weighted by Crippen LogP contribution is -2.16. The number of carboxylic acids is 1.